The van der Waals surface area contributed by atoms with E-state index < -0.39 is 10.8 Å². The molecule has 5 heteroatoms. The number of aromatic nitrogens is 1. The van der Waals surface area contributed by atoms with Crippen molar-refractivity contribution in [2.45, 2.75) is 6.54 Å². The van der Waals surface area contributed by atoms with Gasteiger partial charge in [0.05, 0.1) is 0 Å². The van der Waals surface area contributed by atoms with E-state index in [1.807, 2.05) is 6.07 Å². The first kappa shape index (κ1) is 12.1. The Hall–Kier alpha value is -0.940. The third-order valence-electron chi connectivity index (χ3n) is 1.99. The molecule has 15 heavy (non-hydrogen) atoms. The van der Waals surface area contributed by atoms with Gasteiger partial charge in [0.15, 0.2) is 0 Å². The summed E-state index contributed by atoms with van der Waals surface area (Å²) < 4.78 is 12.4. The molecule has 0 spiro atoms. The summed E-state index contributed by atoms with van der Waals surface area (Å²) in [5.41, 5.74) is 0.0124. The molecule has 0 amide bonds. The van der Waals surface area contributed by atoms with Crippen LogP contribution < -0.4 is 10.9 Å². The molecule has 1 rings (SSSR count). The third kappa shape index (κ3) is 4.90. The fraction of sp³-hybridized carbons (Fsp3) is 0.500. The van der Waals surface area contributed by atoms with Gasteiger partial charge in [-0.1, -0.05) is 6.07 Å². The number of nitrogens with one attached hydrogen (secondary N) is 1. The predicted molar refractivity (Wildman–Crippen MR) is 62.5 cm³/mol. The molecule has 4 nitrogen and oxygen atoms in total. The molecule has 0 fully saturated rings. The maximum absolute atomic E-state index is 11.3. The molecule has 0 saturated heterocycles. The summed E-state index contributed by atoms with van der Waals surface area (Å²) in [4.78, 5) is 11.3. The van der Waals surface area contributed by atoms with E-state index in [1.165, 1.54) is 0 Å². The lowest BCUT2D eigenvalue weighted by molar-refractivity contribution is 0.598. The Bertz CT molecular complexity index is 376. The quantitative estimate of drug-likeness (QED) is 0.687. The van der Waals surface area contributed by atoms with Gasteiger partial charge in [-0.2, -0.15) is 0 Å². The lowest BCUT2D eigenvalue weighted by Crippen LogP contribution is -2.28. The normalized spacial score (nSPS) is 12.6. The number of hydrogen-bond acceptors (Lipinski definition) is 3. The molecule has 1 aromatic heterocycles. The zero-order chi connectivity index (χ0) is 11.1. The molecule has 0 bridgehead atoms. The monoisotopic (exact) mass is 228 g/mol. The molecule has 1 atom stereocenters. The van der Waals surface area contributed by atoms with Crippen molar-refractivity contribution >= 4 is 10.8 Å². The molecule has 0 aliphatic carbocycles. The van der Waals surface area contributed by atoms with Gasteiger partial charge in [0, 0.05) is 54.7 Å². The first-order valence-electron chi connectivity index (χ1n) is 4.86. The van der Waals surface area contributed by atoms with Crippen molar-refractivity contribution in [1.82, 2.24) is 9.88 Å². The Labute approximate surface area is 91.8 Å². The van der Waals surface area contributed by atoms with Gasteiger partial charge in [0.25, 0.3) is 5.56 Å². The number of pyridine rings is 1. The molecular formula is C10H16N2O2S. The van der Waals surface area contributed by atoms with Crippen molar-refractivity contribution in [2.24, 2.45) is 0 Å². The summed E-state index contributed by atoms with van der Waals surface area (Å²) in [6, 6.07) is 5.11. The lowest BCUT2D eigenvalue weighted by Gasteiger charge is -2.05. The topological polar surface area (TPSA) is 51.1 Å². The fourth-order valence-electron chi connectivity index (χ4n) is 1.19. The Balaban J connectivity index is 2.24. The van der Waals surface area contributed by atoms with E-state index in [-0.39, 0.29) is 5.56 Å². The maximum Gasteiger partial charge on any atom is 0.250 e. The number of nitrogens with zero attached hydrogens (tertiary/aromatic N) is 1. The second-order valence-corrected chi connectivity index (χ2v) is 4.81. The fourth-order valence-corrected chi connectivity index (χ4v) is 1.62. The van der Waals surface area contributed by atoms with Gasteiger partial charge in [0.2, 0.25) is 0 Å². The molecule has 1 heterocycles. The minimum Gasteiger partial charge on any atom is -0.314 e. The highest BCUT2D eigenvalue weighted by Gasteiger charge is 1.94. The van der Waals surface area contributed by atoms with Crippen LogP contribution in [0.25, 0.3) is 0 Å². The molecule has 0 aliphatic rings. The van der Waals surface area contributed by atoms with Crippen molar-refractivity contribution < 1.29 is 4.21 Å². The molecule has 0 saturated carbocycles. The van der Waals surface area contributed by atoms with E-state index in [0.29, 0.717) is 12.3 Å². The average Bonchev–Trinajstić information content (AvgIpc) is 2.20. The van der Waals surface area contributed by atoms with Crippen molar-refractivity contribution in [3.8, 4) is 0 Å². The van der Waals surface area contributed by atoms with Crippen molar-refractivity contribution in [3.63, 3.8) is 0 Å². The van der Waals surface area contributed by atoms with Gasteiger partial charge in [-0.15, -0.1) is 0 Å². The standard InChI is InChI=1S/C10H16N2O2S/c1-15(14)9-6-11-5-8-12-7-3-2-4-10(12)13/h2-4,7,11H,5-6,8-9H2,1H3. The second kappa shape index (κ2) is 6.53. The largest absolute Gasteiger partial charge is 0.314 e. The van der Waals surface area contributed by atoms with Crippen LogP contribution in [0.15, 0.2) is 29.2 Å². The Morgan fingerprint density at radius 3 is 2.87 bits per heavy atom. The summed E-state index contributed by atoms with van der Waals surface area (Å²) in [5.74, 6) is 0.656. The zero-order valence-electron chi connectivity index (χ0n) is 8.81. The molecule has 0 radical (unpaired) electrons. The van der Waals surface area contributed by atoms with Crippen LogP contribution in [0.2, 0.25) is 0 Å². The van der Waals surface area contributed by atoms with Crippen LogP contribution >= 0.6 is 0 Å². The van der Waals surface area contributed by atoms with Crippen LogP contribution in [0.4, 0.5) is 0 Å². The highest BCUT2D eigenvalue weighted by molar-refractivity contribution is 7.84. The van der Waals surface area contributed by atoms with Crippen LogP contribution in [0, 0.1) is 0 Å². The van der Waals surface area contributed by atoms with Gasteiger partial charge >= 0.3 is 0 Å². The Kier molecular flexibility index (Phi) is 5.28. The van der Waals surface area contributed by atoms with Crippen LogP contribution in [-0.4, -0.2) is 33.9 Å². The molecule has 0 aromatic carbocycles. The Morgan fingerprint density at radius 2 is 2.20 bits per heavy atom. The van der Waals surface area contributed by atoms with Crippen molar-refractivity contribution in [2.75, 3.05) is 25.1 Å². The predicted octanol–water partition coefficient (Wildman–Crippen LogP) is -0.184. The molecule has 1 aromatic rings. The van der Waals surface area contributed by atoms with Crippen molar-refractivity contribution in [1.29, 1.82) is 0 Å². The summed E-state index contributed by atoms with van der Waals surface area (Å²) in [5, 5.41) is 3.14. The summed E-state index contributed by atoms with van der Waals surface area (Å²) >= 11 is 0. The molecule has 84 valence electrons. The van der Waals surface area contributed by atoms with E-state index in [4.69, 9.17) is 0 Å². The minimum absolute atomic E-state index is 0.0124. The highest BCUT2D eigenvalue weighted by Crippen LogP contribution is 1.81. The number of rotatable bonds is 6. The third-order valence-corrected chi connectivity index (χ3v) is 2.77. The van der Waals surface area contributed by atoms with Gasteiger partial charge in [0.1, 0.15) is 0 Å². The molecule has 0 aliphatic heterocycles. The van der Waals surface area contributed by atoms with E-state index in [1.54, 1.807) is 29.2 Å². The second-order valence-electron chi connectivity index (χ2n) is 3.26. The average molecular weight is 228 g/mol. The smallest absolute Gasteiger partial charge is 0.250 e. The van der Waals surface area contributed by atoms with Gasteiger partial charge in [-0.25, -0.2) is 0 Å². The van der Waals surface area contributed by atoms with Crippen LogP contribution in [-0.2, 0) is 17.3 Å². The van der Waals surface area contributed by atoms with Crippen LogP contribution in [0.3, 0.4) is 0 Å². The van der Waals surface area contributed by atoms with Crippen LogP contribution in [0.1, 0.15) is 0 Å². The van der Waals surface area contributed by atoms with Gasteiger partial charge < -0.3 is 9.88 Å². The van der Waals surface area contributed by atoms with Crippen molar-refractivity contribution in [3.05, 3.63) is 34.7 Å². The zero-order valence-corrected chi connectivity index (χ0v) is 9.63. The SMILES string of the molecule is CS(=O)CCNCCn1ccccc1=O. The molecular weight excluding hydrogens is 212 g/mol. The van der Waals surface area contributed by atoms with Crippen LogP contribution in [0.5, 0.6) is 0 Å². The van der Waals surface area contributed by atoms with E-state index in [9.17, 15) is 9.00 Å². The Morgan fingerprint density at radius 1 is 1.40 bits per heavy atom. The first-order chi connectivity index (χ1) is 7.20. The van der Waals surface area contributed by atoms with E-state index in [2.05, 4.69) is 5.32 Å². The first-order valence-corrected chi connectivity index (χ1v) is 6.59. The van der Waals surface area contributed by atoms with Gasteiger partial charge in [-0.05, 0) is 6.07 Å². The van der Waals surface area contributed by atoms with Gasteiger partial charge in [-0.3, -0.25) is 9.00 Å². The highest BCUT2D eigenvalue weighted by atomic mass is 32.2. The molecule has 1 unspecified atom stereocenters. The lowest BCUT2D eigenvalue weighted by atomic mass is 10.4. The summed E-state index contributed by atoms with van der Waals surface area (Å²) in [6.07, 6.45) is 3.45. The molecule has 1 N–H and O–H groups in total. The van der Waals surface area contributed by atoms with E-state index >= 15 is 0 Å². The minimum atomic E-state index is -0.749. The maximum atomic E-state index is 11.3. The summed E-state index contributed by atoms with van der Waals surface area (Å²) in [6.45, 7) is 2.10. The summed E-state index contributed by atoms with van der Waals surface area (Å²) in [7, 11) is -0.749. The number of hydrogen-bond donors (Lipinski definition) is 1. The van der Waals surface area contributed by atoms with E-state index in [0.717, 1.165) is 13.1 Å².